The maximum absolute atomic E-state index is 10.8. The van der Waals surface area contributed by atoms with Crippen LogP contribution in [0.4, 0.5) is 0 Å². The largest absolute Gasteiger partial charge is 0.479 e. The monoisotopic (exact) mass is 226 g/mol. The Morgan fingerprint density at radius 2 is 1.94 bits per heavy atom. The molecule has 0 aliphatic heterocycles. The molecule has 0 rings (SSSR count). The van der Waals surface area contributed by atoms with Gasteiger partial charge < -0.3 is 9.84 Å². The summed E-state index contributed by atoms with van der Waals surface area (Å²) in [6, 6.07) is 0. The smallest absolute Gasteiger partial charge is 0.332 e. The molecule has 0 aromatic rings. The first-order valence-corrected chi connectivity index (χ1v) is 6.02. The number of hydrogen-bond donors (Lipinski definition) is 1. The molecule has 3 heteroatoms. The van der Waals surface area contributed by atoms with Crippen molar-refractivity contribution < 1.29 is 14.6 Å². The molecule has 92 valence electrons. The number of carboxylic acids is 1. The highest BCUT2D eigenvalue weighted by molar-refractivity contribution is 5.72. The SMILES string of the molecule is CCCCC#CCOC(CCCC)C(=O)O. The van der Waals surface area contributed by atoms with Crippen LogP contribution in [0.15, 0.2) is 0 Å². The van der Waals surface area contributed by atoms with Gasteiger partial charge in [-0.3, -0.25) is 0 Å². The number of rotatable bonds is 8. The maximum Gasteiger partial charge on any atom is 0.332 e. The number of carboxylic acid groups (broad SMARTS) is 1. The summed E-state index contributed by atoms with van der Waals surface area (Å²) in [5.74, 6) is 4.93. The van der Waals surface area contributed by atoms with Gasteiger partial charge in [-0.25, -0.2) is 4.79 Å². The summed E-state index contributed by atoms with van der Waals surface area (Å²) in [6.45, 7) is 4.37. The topological polar surface area (TPSA) is 46.5 Å². The Bertz CT molecular complexity index is 237. The highest BCUT2D eigenvalue weighted by Crippen LogP contribution is 2.04. The van der Waals surface area contributed by atoms with Gasteiger partial charge in [0.1, 0.15) is 6.61 Å². The van der Waals surface area contributed by atoms with E-state index in [0.717, 1.165) is 32.1 Å². The molecule has 0 amide bonds. The van der Waals surface area contributed by atoms with Crippen LogP contribution in [-0.4, -0.2) is 23.8 Å². The highest BCUT2D eigenvalue weighted by atomic mass is 16.5. The van der Waals surface area contributed by atoms with E-state index < -0.39 is 12.1 Å². The first-order chi connectivity index (χ1) is 7.72. The molecular formula is C13H22O3. The van der Waals surface area contributed by atoms with Crippen molar-refractivity contribution in [2.24, 2.45) is 0 Å². The van der Waals surface area contributed by atoms with Gasteiger partial charge in [-0.15, -0.1) is 5.92 Å². The standard InChI is InChI=1S/C13H22O3/c1-3-5-7-8-9-11-16-12(13(14)15)10-6-4-2/h12H,3-7,10-11H2,1-2H3,(H,14,15). The lowest BCUT2D eigenvalue weighted by Gasteiger charge is -2.10. The van der Waals surface area contributed by atoms with Crippen LogP contribution >= 0.6 is 0 Å². The predicted molar refractivity (Wildman–Crippen MR) is 64.2 cm³/mol. The fourth-order valence-electron chi connectivity index (χ4n) is 1.21. The third-order valence-electron chi connectivity index (χ3n) is 2.23. The maximum atomic E-state index is 10.8. The summed E-state index contributed by atoms with van der Waals surface area (Å²) >= 11 is 0. The molecule has 0 bridgehead atoms. The summed E-state index contributed by atoms with van der Waals surface area (Å²) in [4.78, 5) is 10.8. The van der Waals surface area contributed by atoms with Gasteiger partial charge in [-0.1, -0.05) is 39.0 Å². The third kappa shape index (κ3) is 8.31. The molecule has 0 heterocycles. The molecule has 0 saturated carbocycles. The average Bonchev–Trinajstić information content (AvgIpc) is 2.26. The average molecular weight is 226 g/mol. The van der Waals surface area contributed by atoms with Crippen LogP contribution in [0.25, 0.3) is 0 Å². The molecule has 0 fully saturated rings. The fraction of sp³-hybridized carbons (Fsp3) is 0.769. The minimum atomic E-state index is -0.885. The predicted octanol–water partition coefficient (Wildman–Crippen LogP) is 2.84. The van der Waals surface area contributed by atoms with Crippen molar-refractivity contribution in [1.82, 2.24) is 0 Å². The van der Waals surface area contributed by atoms with Gasteiger partial charge in [-0.05, 0) is 12.8 Å². The molecule has 3 nitrogen and oxygen atoms in total. The van der Waals surface area contributed by atoms with Crippen LogP contribution in [0, 0.1) is 11.8 Å². The molecule has 1 N–H and O–H groups in total. The Balaban J connectivity index is 3.73. The summed E-state index contributed by atoms with van der Waals surface area (Å²) < 4.78 is 5.21. The number of hydrogen-bond acceptors (Lipinski definition) is 2. The van der Waals surface area contributed by atoms with Crippen LogP contribution in [0.2, 0.25) is 0 Å². The zero-order chi connectivity index (χ0) is 12.2. The van der Waals surface area contributed by atoms with Gasteiger partial charge in [-0.2, -0.15) is 0 Å². The van der Waals surface area contributed by atoms with Gasteiger partial charge in [0.25, 0.3) is 0 Å². The zero-order valence-corrected chi connectivity index (χ0v) is 10.3. The van der Waals surface area contributed by atoms with E-state index in [1.165, 1.54) is 0 Å². The first kappa shape index (κ1) is 15.0. The van der Waals surface area contributed by atoms with Crippen molar-refractivity contribution >= 4 is 5.97 Å². The second-order valence-corrected chi connectivity index (χ2v) is 3.74. The minimum Gasteiger partial charge on any atom is -0.479 e. The molecule has 0 aliphatic carbocycles. The molecule has 1 unspecified atom stereocenters. The van der Waals surface area contributed by atoms with E-state index in [1.54, 1.807) is 0 Å². The van der Waals surface area contributed by atoms with Gasteiger partial charge in [0, 0.05) is 6.42 Å². The van der Waals surface area contributed by atoms with Crippen molar-refractivity contribution in [1.29, 1.82) is 0 Å². The molecule has 0 aliphatic rings. The number of carbonyl (C=O) groups is 1. The highest BCUT2D eigenvalue weighted by Gasteiger charge is 2.16. The molecular weight excluding hydrogens is 204 g/mol. The Kier molecular flexibility index (Phi) is 9.84. The normalized spacial score (nSPS) is 11.6. The lowest BCUT2D eigenvalue weighted by molar-refractivity contribution is -0.149. The van der Waals surface area contributed by atoms with Gasteiger partial charge >= 0.3 is 5.97 Å². The molecule has 0 aromatic heterocycles. The van der Waals surface area contributed by atoms with E-state index in [-0.39, 0.29) is 6.61 Å². The summed E-state index contributed by atoms with van der Waals surface area (Å²) in [7, 11) is 0. The Morgan fingerprint density at radius 1 is 1.25 bits per heavy atom. The van der Waals surface area contributed by atoms with E-state index in [9.17, 15) is 4.79 Å². The molecule has 0 aromatic carbocycles. The molecule has 0 radical (unpaired) electrons. The van der Waals surface area contributed by atoms with Crippen molar-refractivity contribution in [3.05, 3.63) is 0 Å². The van der Waals surface area contributed by atoms with Crippen molar-refractivity contribution in [2.75, 3.05) is 6.61 Å². The number of aliphatic carboxylic acids is 1. The molecule has 0 spiro atoms. The summed E-state index contributed by atoms with van der Waals surface area (Å²) in [5, 5.41) is 8.87. The third-order valence-corrected chi connectivity index (χ3v) is 2.23. The van der Waals surface area contributed by atoms with Gasteiger partial charge in [0.2, 0.25) is 0 Å². The minimum absolute atomic E-state index is 0.227. The Morgan fingerprint density at radius 3 is 2.50 bits per heavy atom. The summed E-state index contributed by atoms with van der Waals surface area (Å²) in [6.07, 6.45) is 4.82. The first-order valence-electron chi connectivity index (χ1n) is 6.02. The van der Waals surface area contributed by atoms with E-state index in [2.05, 4.69) is 18.8 Å². The second kappa shape index (κ2) is 10.5. The van der Waals surface area contributed by atoms with Crippen LogP contribution in [0.5, 0.6) is 0 Å². The number of ether oxygens (including phenoxy) is 1. The molecule has 0 saturated heterocycles. The Hall–Kier alpha value is -1.01. The van der Waals surface area contributed by atoms with Crippen molar-refractivity contribution in [3.63, 3.8) is 0 Å². The fourth-order valence-corrected chi connectivity index (χ4v) is 1.21. The molecule has 16 heavy (non-hydrogen) atoms. The zero-order valence-electron chi connectivity index (χ0n) is 10.3. The lowest BCUT2D eigenvalue weighted by atomic mass is 10.1. The lowest BCUT2D eigenvalue weighted by Crippen LogP contribution is -2.23. The van der Waals surface area contributed by atoms with Gasteiger partial charge in [0.05, 0.1) is 0 Å². The van der Waals surface area contributed by atoms with Crippen LogP contribution in [-0.2, 0) is 9.53 Å². The van der Waals surface area contributed by atoms with Crippen LogP contribution in [0.1, 0.15) is 52.4 Å². The van der Waals surface area contributed by atoms with E-state index in [4.69, 9.17) is 9.84 Å². The number of unbranched alkanes of at least 4 members (excludes halogenated alkanes) is 3. The van der Waals surface area contributed by atoms with Crippen molar-refractivity contribution in [2.45, 2.75) is 58.5 Å². The molecule has 1 atom stereocenters. The Labute approximate surface area is 98.2 Å². The van der Waals surface area contributed by atoms with Crippen molar-refractivity contribution in [3.8, 4) is 11.8 Å². The second-order valence-electron chi connectivity index (χ2n) is 3.74. The summed E-state index contributed by atoms with van der Waals surface area (Å²) in [5.41, 5.74) is 0. The quantitative estimate of drug-likeness (QED) is 0.511. The van der Waals surface area contributed by atoms with Crippen LogP contribution in [0.3, 0.4) is 0 Å². The van der Waals surface area contributed by atoms with Gasteiger partial charge in [0.15, 0.2) is 6.10 Å². The van der Waals surface area contributed by atoms with E-state index in [0.29, 0.717) is 6.42 Å². The van der Waals surface area contributed by atoms with E-state index >= 15 is 0 Å². The van der Waals surface area contributed by atoms with Crippen LogP contribution < -0.4 is 0 Å². The van der Waals surface area contributed by atoms with E-state index in [1.807, 2.05) is 6.92 Å².